The second-order valence-electron chi connectivity index (χ2n) is 3.85. The van der Waals surface area contributed by atoms with Crippen LogP contribution in [-0.2, 0) is 4.79 Å². The average molecular weight is 296 g/mol. The normalized spacial score (nSPS) is 11.4. The molecule has 1 amide bonds. The number of hydrogen-bond acceptors (Lipinski definition) is 5. The zero-order chi connectivity index (χ0) is 15.5. The molecule has 0 bridgehead atoms. The molecule has 0 saturated carbocycles. The van der Waals surface area contributed by atoms with Gasteiger partial charge in [-0.1, -0.05) is 0 Å². The van der Waals surface area contributed by atoms with E-state index in [1.165, 1.54) is 26.1 Å². The van der Waals surface area contributed by atoms with Crippen molar-refractivity contribution in [2.24, 2.45) is 0 Å². The smallest absolute Gasteiger partial charge is 0.383 e. The van der Waals surface area contributed by atoms with Gasteiger partial charge in [0.25, 0.3) is 0 Å². The Morgan fingerprint density at radius 2 is 2.00 bits per heavy atom. The fourth-order valence-electron chi connectivity index (χ4n) is 1.26. The quantitative estimate of drug-likeness (QED) is 0.832. The minimum atomic E-state index is -4.83. The molecular weight excluding hydrogens is 284 g/mol. The van der Waals surface area contributed by atoms with Crippen molar-refractivity contribution < 1.29 is 27.1 Å². The lowest BCUT2D eigenvalue weighted by Crippen LogP contribution is -2.41. The van der Waals surface area contributed by atoms with Gasteiger partial charge in [0.1, 0.15) is 12.0 Å². The average Bonchev–Trinajstić information content (AvgIpc) is 2.38. The fourth-order valence-corrected chi connectivity index (χ4v) is 1.26. The summed E-state index contributed by atoms with van der Waals surface area (Å²) in [6.45, 7) is 0. The van der Waals surface area contributed by atoms with E-state index in [0.29, 0.717) is 0 Å². The van der Waals surface area contributed by atoms with E-state index in [-0.39, 0.29) is 17.4 Å². The van der Waals surface area contributed by atoms with Crippen molar-refractivity contribution in [3.05, 3.63) is 6.33 Å². The zero-order valence-corrected chi connectivity index (χ0v) is 10.8. The molecule has 0 saturated heterocycles. The summed E-state index contributed by atoms with van der Waals surface area (Å²) >= 11 is 0. The Bertz CT molecular complexity index is 496. The number of ether oxygens (including phenoxy) is 1. The van der Waals surface area contributed by atoms with Crippen LogP contribution in [0.1, 0.15) is 0 Å². The van der Waals surface area contributed by atoms with Gasteiger partial charge >= 0.3 is 18.3 Å². The molecule has 1 heterocycles. The van der Waals surface area contributed by atoms with Crippen LogP contribution in [0.5, 0.6) is 5.88 Å². The van der Waals surface area contributed by atoms with Crippen LogP contribution in [0.4, 0.5) is 29.1 Å². The maximum atomic E-state index is 12.9. The molecule has 0 aliphatic rings. The standard InChI is InChI=1S/C10H12F4N4O2/c1-18(2)6-5(7(20-3)16-4-15-6)17-9(19)10(13,14)8(11)12/h4,8H,1-3H3,(H,17,19). The SMILES string of the molecule is COc1ncnc(N(C)C)c1NC(=O)C(F)(F)C(F)F. The van der Waals surface area contributed by atoms with Gasteiger partial charge in [-0.05, 0) is 0 Å². The van der Waals surface area contributed by atoms with Crippen LogP contribution < -0.4 is 15.0 Å². The molecule has 112 valence electrons. The van der Waals surface area contributed by atoms with Crippen LogP contribution in [-0.4, -0.2) is 49.4 Å². The Morgan fingerprint density at radius 1 is 1.40 bits per heavy atom. The molecule has 10 heteroatoms. The number of amides is 1. The summed E-state index contributed by atoms with van der Waals surface area (Å²) in [6.07, 6.45) is -3.05. The highest BCUT2D eigenvalue weighted by Gasteiger charge is 2.49. The first-order chi connectivity index (χ1) is 9.21. The molecule has 1 rings (SSSR count). The molecule has 1 N–H and O–H groups in total. The van der Waals surface area contributed by atoms with Crippen molar-refractivity contribution in [1.29, 1.82) is 0 Å². The lowest BCUT2D eigenvalue weighted by molar-refractivity contribution is -0.163. The van der Waals surface area contributed by atoms with E-state index in [1.807, 2.05) is 0 Å². The molecular formula is C10H12F4N4O2. The van der Waals surface area contributed by atoms with E-state index < -0.39 is 18.3 Å². The van der Waals surface area contributed by atoms with Crippen LogP contribution in [0.15, 0.2) is 6.33 Å². The molecule has 0 aliphatic heterocycles. The summed E-state index contributed by atoms with van der Waals surface area (Å²) in [5.41, 5.74) is -0.315. The van der Waals surface area contributed by atoms with Gasteiger partial charge in [-0.25, -0.2) is 13.8 Å². The van der Waals surface area contributed by atoms with Crippen molar-refractivity contribution in [3.63, 3.8) is 0 Å². The Balaban J connectivity index is 3.17. The highest BCUT2D eigenvalue weighted by Crippen LogP contribution is 2.32. The van der Waals surface area contributed by atoms with Gasteiger partial charge in [-0.15, -0.1) is 0 Å². The summed E-state index contributed by atoms with van der Waals surface area (Å²) in [6, 6.07) is 0. The molecule has 0 fully saturated rings. The summed E-state index contributed by atoms with van der Waals surface area (Å²) in [5.74, 6) is -7.18. The van der Waals surface area contributed by atoms with Gasteiger partial charge in [-0.2, -0.15) is 13.8 Å². The van der Waals surface area contributed by atoms with E-state index >= 15 is 0 Å². The van der Waals surface area contributed by atoms with Crippen LogP contribution in [0.3, 0.4) is 0 Å². The summed E-state index contributed by atoms with van der Waals surface area (Å²) in [4.78, 5) is 20.0. The topological polar surface area (TPSA) is 67.4 Å². The van der Waals surface area contributed by atoms with E-state index in [9.17, 15) is 22.4 Å². The van der Waals surface area contributed by atoms with E-state index in [0.717, 1.165) is 6.33 Å². The van der Waals surface area contributed by atoms with Crippen LogP contribution in [0.25, 0.3) is 0 Å². The molecule has 6 nitrogen and oxygen atoms in total. The van der Waals surface area contributed by atoms with Gasteiger partial charge in [0.05, 0.1) is 7.11 Å². The third-order valence-corrected chi connectivity index (χ3v) is 2.22. The Kier molecular flexibility index (Phi) is 4.69. The highest BCUT2D eigenvalue weighted by molar-refractivity contribution is 5.99. The summed E-state index contributed by atoms with van der Waals surface area (Å²) in [7, 11) is 4.22. The number of hydrogen-bond donors (Lipinski definition) is 1. The number of halogens is 4. The number of nitrogens with zero attached hydrogens (tertiary/aromatic N) is 3. The van der Waals surface area contributed by atoms with E-state index in [4.69, 9.17) is 4.74 Å². The molecule has 0 spiro atoms. The van der Waals surface area contributed by atoms with Gasteiger partial charge in [-0.3, -0.25) is 4.79 Å². The molecule has 0 aliphatic carbocycles. The molecule has 0 radical (unpaired) electrons. The first-order valence-corrected chi connectivity index (χ1v) is 5.25. The number of nitrogens with one attached hydrogen (secondary N) is 1. The number of anilines is 2. The third kappa shape index (κ3) is 3.06. The van der Waals surface area contributed by atoms with Gasteiger partial charge in [0, 0.05) is 14.1 Å². The fraction of sp³-hybridized carbons (Fsp3) is 0.500. The monoisotopic (exact) mass is 296 g/mol. The maximum absolute atomic E-state index is 12.9. The second-order valence-corrected chi connectivity index (χ2v) is 3.85. The van der Waals surface area contributed by atoms with Crippen LogP contribution >= 0.6 is 0 Å². The molecule has 1 aromatic heterocycles. The van der Waals surface area contributed by atoms with Crippen LogP contribution in [0.2, 0.25) is 0 Å². The molecule has 20 heavy (non-hydrogen) atoms. The minimum absolute atomic E-state index is 0.0373. The van der Waals surface area contributed by atoms with Crippen molar-refractivity contribution >= 4 is 17.4 Å². The Labute approximate surface area is 111 Å². The summed E-state index contributed by atoms with van der Waals surface area (Å²) in [5, 5.41) is 1.67. The second kappa shape index (κ2) is 5.88. The maximum Gasteiger partial charge on any atom is 0.383 e. The van der Waals surface area contributed by atoms with E-state index in [2.05, 4.69) is 9.97 Å². The number of aromatic nitrogens is 2. The number of carbonyl (C=O) groups is 1. The van der Waals surface area contributed by atoms with Crippen molar-refractivity contribution in [2.45, 2.75) is 12.3 Å². The lowest BCUT2D eigenvalue weighted by atomic mass is 10.3. The predicted octanol–water partition coefficient (Wildman–Crippen LogP) is 1.39. The van der Waals surface area contributed by atoms with Gasteiger partial charge in [0.15, 0.2) is 5.82 Å². The van der Waals surface area contributed by atoms with Crippen molar-refractivity contribution in [2.75, 3.05) is 31.4 Å². The minimum Gasteiger partial charge on any atom is -0.479 e. The lowest BCUT2D eigenvalue weighted by Gasteiger charge is -2.20. The Hall–Kier alpha value is -2.13. The van der Waals surface area contributed by atoms with Gasteiger partial charge < -0.3 is 15.0 Å². The predicted molar refractivity (Wildman–Crippen MR) is 62.5 cm³/mol. The molecule has 0 aromatic carbocycles. The third-order valence-electron chi connectivity index (χ3n) is 2.22. The number of alkyl halides is 4. The molecule has 0 unspecified atom stereocenters. The zero-order valence-electron chi connectivity index (χ0n) is 10.8. The van der Waals surface area contributed by atoms with Gasteiger partial charge in [0.2, 0.25) is 5.88 Å². The first kappa shape index (κ1) is 15.9. The molecule has 0 atom stereocenters. The number of methoxy groups -OCH3 is 1. The first-order valence-electron chi connectivity index (χ1n) is 5.25. The largest absolute Gasteiger partial charge is 0.479 e. The van der Waals surface area contributed by atoms with Crippen molar-refractivity contribution in [3.8, 4) is 5.88 Å². The molecule has 1 aromatic rings. The number of rotatable bonds is 5. The van der Waals surface area contributed by atoms with Crippen LogP contribution in [0, 0.1) is 0 Å². The Morgan fingerprint density at radius 3 is 2.45 bits per heavy atom. The number of carbonyl (C=O) groups excluding carboxylic acids is 1. The van der Waals surface area contributed by atoms with Crippen molar-refractivity contribution in [1.82, 2.24) is 9.97 Å². The highest BCUT2D eigenvalue weighted by atomic mass is 19.3. The summed E-state index contributed by atoms with van der Waals surface area (Å²) < 4.78 is 54.9. The van der Waals surface area contributed by atoms with E-state index in [1.54, 1.807) is 5.32 Å².